The van der Waals surface area contributed by atoms with Crippen molar-refractivity contribution in [1.82, 2.24) is 9.97 Å². The molecule has 0 atom stereocenters. The van der Waals surface area contributed by atoms with Gasteiger partial charge < -0.3 is 15.4 Å². The topological polar surface area (TPSA) is 76.1 Å². The number of pyridine rings is 1. The molecule has 0 aliphatic carbocycles. The maximum atomic E-state index is 12.2. The molecule has 2 aromatic heterocycles. The van der Waals surface area contributed by atoms with Gasteiger partial charge in [-0.05, 0) is 36.8 Å². The van der Waals surface area contributed by atoms with Crippen molar-refractivity contribution >= 4 is 33.9 Å². The quantitative estimate of drug-likeness (QED) is 0.704. The molecule has 7 heteroatoms. The maximum Gasteiger partial charge on any atom is 0.230 e. The molecule has 128 valence electrons. The first-order valence-corrected chi connectivity index (χ1v) is 8.59. The average Bonchev–Trinajstić information content (AvgIpc) is 3.02. The zero-order valence-corrected chi connectivity index (χ0v) is 14.8. The van der Waals surface area contributed by atoms with Crippen molar-refractivity contribution in [3.8, 4) is 5.75 Å². The molecule has 0 bridgehead atoms. The van der Waals surface area contributed by atoms with E-state index >= 15 is 0 Å². The number of amides is 1. The van der Waals surface area contributed by atoms with Crippen LogP contribution >= 0.6 is 11.3 Å². The first-order valence-electron chi connectivity index (χ1n) is 7.71. The second-order valence-electron chi connectivity index (χ2n) is 5.41. The largest absolute Gasteiger partial charge is 0.495 e. The van der Waals surface area contributed by atoms with Crippen molar-refractivity contribution in [2.45, 2.75) is 13.3 Å². The Morgan fingerprint density at radius 2 is 2.12 bits per heavy atom. The van der Waals surface area contributed by atoms with Crippen LogP contribution in [0.2, 0.25) is 0 Å². The summed E-state index contributed by atoms with van der Waals surface area (Å²) in [5, 5.41) is 8.56. The van der Waals surface area contributed by atoms with Gasteiger partial charge in [0.2, 0.25) is 5.91 Å². The molecule has 0 unspecified atom stereocenters. The SMILES string of the molecule is COc1ccccc1NC(=O)Cc1csc(Nc2cc(C)ccn2)n1. The molecular formula is C18H18N4O2S. The summed E-state index contributed by atoms with van der Waals surface area (Å²) >= 11 is 1.44. The van der Waals surface area contributed by atoms with Gasteiger partial charge in [-0.3, -0.25) is 4.79 Å². The smallest absolute Gasteiger partial charge is 0.230 e. The molecule has 2 heterocycles. The number of thiazole rings is 1. The number of benzene rings is 1. The number of carbonyl (C=O) groups excluding carboxylic acids is 1. The molecule has 6 nitrogen and oxygen atoms in total. The normalized spacial score (nSPS) is 10.3. The molecule has 0 radical (unpaired) electrons. The van der Waals surface area contributed by atoms with E-state index in [0.717, 1.165) is 11.4 Å². The van der Waals surface area contributed by atoms with Crippen LogP contribution in [-0.4, -0.2) is 23.0 Å². The van der Waals surface area contributed by atoms with Crippen molar-refractivity contribution in [3.63, 3.8) is 0 Å². The fourth-order valence-electron chi connectivity index (χ4n) is 2.27. The highest BCUT2D eigenvalue weighted by Gasteiger charge is 2.11. The van der Waals surface area contributed by atoms with Crippen molar-refractivity contribution in [2.75, 3.05) is 17.7 Å². The van der Waals surface area contributed by atoms with Crippen molar-refractivity contribution in [3.05, 3.63) is 59.2 Å². The summed E-state index contributed by atoms with van der Waals surface area (Å²) in [7, 11) is 1.57. The zero-order chi connectivity index (χ0) is 17.6. The Kier molecular flexibility index (Phi) is 5.25. The van der Waals surface area contributed by atoms with E-state index in [0.29, 0.717) is 22.3 Å². The van der Waals surface area contributed by atoms with Gasteiger partial charge in [0.05, 0.1) is 24.9 Å². The number of carbonyl (C=O) groups is 1. The summed E-state index contributed by atoms with van der Waals surface area (Å²) in [5.74, 6) is 1.22. The Hall–Kier alpha value is -2.93. The third kappa shape index (κ3) is 4.54. The number of ether oxygens (including phenoxy) is 1. The summed E-state index contributed by atoms with van der Waals surface area (Å²) in [6.07, 6.45) is 1.93. The minimum Gasteiger partial charge on any atom is -0.495 e. The fraction of sp³-hybridized carbons (Fsp3) is 0.167. The monoisotopic (exact) mass is 354 g/mol. The van der Waals surface area contributed by atoms with Crippen LogP contribution in [0.1, 0.15) is 11.3 Å². The lowest BCUT2D eigenvalue weighted by Crippen LogP contribution is -2.15. The molecule has 1 aromatic carbocycles. The molecule has 0 fully saturated rings. The van der Waals surface area contributed by atoms with E-state index < -0.39 is 0 Å². The third-order valence-electron chi connectivity index (χ3n) is 3.42. The number of methoxy groups -OCH3 is 1. The molecule has 3 rings (SSSR count). The van der Waals surface area contributed by atoms with Gasteiger partial charge in [-0.1, -0.05) is 12.1 Å². The summed E-state index contributed by atoms with van der Waals surface area (Å²) < 4.78 is 5.23. The number of anilines is 3. The minimum atomic E-state index is -0.143. The number of hydrogen-bond donors (Lipinski definition) is 2. The maximum absolute atomic E-state index is 12.2. The van der Waals surface area contributed by atoms with Gasteiger partial charge in [0.15, 0.2) is 5.13 Å². The Labute approximate surface area is 149 Å². The molecule has 1 amide bonds. The van der Waals surface area contributed by atoms with Gasteiger partial charge in [-0.25, -0.2) is 9.97 Å². The lowest BCUT2D eigenvalue weighted by atomic mass is 10.2. The Morgan fingerprint density at radius 1 is 1.28 bits per heavy atom. The van der Waals surface area contributed by atoms with Crippen LogP contribution in [0.5, 0.6) is 5.75 Å². The van der Waals surface area contributed by atoms with Crippen LogP contribution in [0.15, 0.2) is 48.0 Å². The molecule has 2 N–H and O–H groups in total. The van der Waals surface area contributed by atoms with Gasteiger partial charge in [0, 0.05) is 11.6 Å². The molecule has 0 aliphatic rings. The highest BCUT2D eigenvalue weighted by Crippen LogP contribution is 2.24. The van der Waals surface area contributed by atoms with E-state index in [1.54, 1.807) is 25.4 Å². The van der Waals surface area contributed by atoms with Gasteiger partial charge >= 0.3 is 0 Å². The van der Waals surface area contributed by atoms with E-state index in [2.05, 4.69) is 20.6 Å². The number of nitrogens with one attached hydrogen (secondary N) is 2. The molecule has 3 aromatic rings. The van der Waals surface area contributed by atoms with Gasteiger partial charge in [0.25, 0.3) is 0 Å². The van der Waals surface area contributed by atoms with Gasteiger partial charge in [-0.2, -0.15) is 0 Å². The van der Waals surface area contributed by atoms with E-state index in [4.69, 9.17) is 4.74 Å². The fourth-order valence-corrected chi connectivity index (χ4v) is 2.98. The number of aryl methyl sites for hydroxylation is 1. The number of hydrogen-bond acceptors (Lipinski definition) is 6. The van der Waals surface area contributed by atoms with Crippen LogP contribution in [0.3, 0.4) is 0 Å². The van der Waals surface area contributed by atoms with E-state index in [9.17, 15) is 4.79 Å². The minimum absolute atomic E-state index is 0.143. The molecule has 0 saturated carbocycles. The van der Waals surface area contributed by atoms with Crippen molar-refractivity contribution in [2.24, 2.45) is 0 Å². The predicted molar refractivity (Wildman–Crippen MR) is 99.7 cm³/mol. The Balaban J connectivity index is 1.62. The number of nitrogens with zero attached hydrogens (tertiary/aromatic N) is 2. The van der Waals surface area contributed by atoms with Crippen LogP contribution in [0.4, 0.5) is 16.6 Å². The molecule has 0 spiro atoms. The van der Waals surface area contributed by atoms with Crippen LogP contribution in [-0.2, 0) is 11.2 Å². The average molecular weight is 354 g/mol. The number of rotatable bonds is 6. The first kappa shape index (κ1) is 16.9. The van der Waals surface area contributed by atoms with Crippen molar-refractivity contribution in [1.29, 1.82) is 0 Å². The van der Waals surface area contributed by atoms with Crippen LogP contribution in [0, 0.1) is 6.92 Å². The second kappa shape index (κ2) is 7.76. The van der Waals surface area contributed by atoms with E-state index in [1.807, 2.05) is 36.6 Å². The third-order valence-corrected chi connectivity index (χ3v) is 4.23. The molecule has 0 aliphatic heterocycles. The highest BCUT2D eigenvalue weighted by molar-refractivity contribution is 7.13. The first-order chi connectivity index (χ1) is 12.1. The Morgan fingerprint density at radius 3 is 2.92 bits per heavy atom. The lowest BCUT2D eigenvalue weighted by Gasteiger charge is -2.09. The van der Waals surface area contributed by atoms with E-state index in [-0.39, 0.29) is 12.3 Å². The van der Waals surface area contributed by atoms with E-state index in [1.165, 1.54) is 11.3 Å². The summed E-state index contributed by atoms with van der Waals surface area (Å²) in [5.41, 5.74) is 2.46. The lowest BCUT2D eigenvalue weighted by molar-refractivity contribution is -0.115. The number of para-hydroxylation sites is 2. The zero-order valence-electron chi connectivity index (χ0n) is 13.9. The van der Waals surface area contributed by atoms with Gasteiger partial charge in [0.1, 0.15) is 11.6 Å². The molecule has 0 saturated heterocycles. The molecular weight excluding hydrogens is 336 g/mol. The van der Waals surface area contributed by atoms with Gasteiger partial charge in [-0.15, -0.1) is 11.3 Å². The highest BCUT2D eigenvalue weighted by atomic mass is 32.1. The Bertz CT molecular complexity index is 879. The summed E-state index contributed by atoms with van der Waals surface area (Å²) in [4.78, 5) is 20.9. The second-order valence-corrected chi connectivity index (χ2v) is 6.27. The van der Waals surface area contributed by atoms with Crippen molar-refractivity contribution < 1.29 is 9.53 Å². The predicted octanol–water partition coefficient (Wildman–Crippen LogP) is 3.78. The summed E-state index contributed by atoms with van der Waals surface area (Å²) in [6, 6.07) is 11.2. The van der Waals surface area contributed by atoms with Crippen LogP contribution < -0.4 is 15.4 Å². The summed E-state index contributed by atoms with van der Waals surface area (Å²) in [6.45, 7) is 2.00. The standard InChI is InChI=1S/C18H18N4O2S/c1-12-7-8-19-16(9-12)22-18-20-13(11-25-18)10-17(23)21-14-5-3-4-6-15(14)24-2/h3-9,11H,10H2,1-2H3,(H,21,23)(H,19,20,22). The van der Waals surface area contributed by atoms with Crippen LogP contribution in [0.25, 0.3) is 0 Å². The number of aromatic nitrogens is 2. The molecule has 25 heavy (non-hydrogen) atoms.